The highest BCUT2D eigenvalue weighted by Gasteiger charge is 2.09. The van der Waals surface area contributed by atoms with Gasteiger partial charge in [-0.3, -0.25) is 0 Å². The Morgan fingerprint density at radius 3 is 2.57 bits per heavy atom. The van der Waals surface area contributed by atoms with Gasteiger partial charge in [-0.05, 0) is 12.5 Å². The molecule has 0 fully saturated rings. The van der Waals surface area contributed by atoms with Gasteiger partial charge < -0.3 is 19.9 Å². The van der Waals surface area contributed by atoms with Gasteiger partial charge in [-0.1, -0.05) is 30.3 Å². The van der Waals surface area contributed by atoms with Crippen molar-refractivity contribution in [1.82, 2.24) is 5.32 Å². The summed E-state index contributed by atoms with van der Waals surface area (Å²) in [6.07, 6.45) is -3.18. The van der Waals surface area contributed by atoms with Crippen LogP contribution in [0.4, 0.5) is 8.78 Å². The largest absolute Gasteiger partial charge is 0.389 e. The predicted octanol–water partition coefficient (Wildman–Crippen LogP) is 2.00. The number of halogens is 2. The molecule has 1 aromatic rings. The second-order valence-corrected chi connectivity index (χ2v) is 4.71. The molecule has 0 heterocycles. The van der Waals surface area contributed by atoms with Crippen LogP contribution < -0.4 is 5.32 Å². The van der Waals surface area contributed by atoms with Crippen LogP contribution in [0.1, 0.15) is 18.6 Å². The van der Waals surface area contributed by atoms with Gasteiger partial charge in [-0.15, -0.1) is 0 Å². The number of nitrogens with one attached hydrogen (secondary N) is 1. The monoisotopic (exact) mass is 303 g/mol. The normalized spacial score (nSPS) is 14.3. The lowest BCUT2D eigenvalue weighted by molar-refractivity contribution is -0.00439. The Labute approximate surface area is 124 Å². The highest BCUT2D eigenvalue weighted by molar-refractivity contribution is 5.16. The quantitative estimate of drug-likeness (QED) is 0.614. The lowest BCUT2D eigenvalue weighted by Crippen LogP contribution is -2.33. The van der Waals surface area contributed by atoms with Gasteiger partial charge >= 0.3 is 0 Å². The Hall–Kier alpha value is -1.08. The molecule has 0 radical (unpaired) electrons. The van der Waals surface area contributed by atoms with Crippen LogP contribution in [0.15, 0.2) is 30.3 Å². The van der Waals surface area contributed by atoms with Gasteiger partial charge in [0.1, 0.15) is 6.61 Å². The number of alkyl halides is 2. The number of aliphatic hydroxyl groups is 1. The number of ether oxygens (including phenoxy) is 2. The van der Waals surface area contributed by atoms with E-state index < -0.39 is 19.1 Å². The van der Waals surface area contributed by atoms with Crippen molar-refractivity contribution in [2.45, 2.75) is 25.6 Å². The average Bonchev–Trinajstić information content (AvgIpc) is 2.49. The molecule has 2 unspecified atom stereocenters. The summed E-state index contributed by atoms with van der Waals surface area (Å²) in [5.74, 6) is 0. The number of hydrogen-bond donors (Lipinski definition) is 2. The van der Waals surface area contributed by atoms with Crippen LogP contribution in [-0.2, 0) is 9.47 Å². The lowest BCUT2D eigenvalue weighted by atomic mass is 10.1. The van der Waals surface area contributed by atoms with Crippen LogP contribution in [0.2, 0.25) is 0 Å². The molecule has 120 valence electrons. The van der Waals surface area contributed by atoms with Gasteiger partial charge in [0.25, 0.3) is 6.43 Å². The molecular weight excluding hydrogens is 280 g/mol. The molecule has 2 N–H and O–H groups in total. The first kappa shape index (κ1) is 18.0. The maximum absolute atomic E-state index is 11.8. The molecule has 4 nitrogen and oxygen atoms in total. The molecule has 21 heavy (non-hydrogen) atoms. The van der Waals surface area contributed by atoms with E-state index in [4.69, 9.17) is 9.47 Å². The van der Waals surface area contributed by atoms with E-state index in [1.54, 1.807) is 0 Å². The van der Waals surface area contributed by atoms with Crippen molar-refractivity contribution in [2.24, 2.45) is 0 Å². The van der Waals surface area contributed by atoms with E-state index in [-0.39, 0.29) is 19.3 Å². The fraction of sp³-hybridized carbons (Fsp3) is 0.600. The fourth-order valence-electron chi connectivity index (χ4n) is 1.72. The van der Waals surface area contributed by atoms with Crippen molar-refractivity contribution >= 4 is 0 Å². The number of rotatable bonds is 11. The van der Waals surface area contributed by atoms with E-state index in [1.165, 1.54) is 0 Å². The van der Waals surface area contributed by atoms with Crippen molar-refractivity contribution in [1.29, 1.82) is 0 Å². The third-order valence-corrected chi connectivity index (χ3v) is 2.85. The van der Waals surface area contributed by atoms with Gasteiger partial charge in [-0.25, -0.2) is 8.78 Å². The van der Waals surface area contributed by atoms with E-state index in [9.17, 15) is 13.9 Å². The van der Waals surface area contributed by atoms with Crippen LogP contribution in [0.5, 0.6) is 0 Å². The van der Waals surface area contributed by atoms with Gasteiger partial charge in [0.15, 0.2) is 0 Å². The van der Waals surface area contributed by atoms with E-state index in [1.807, 2.05) is 37.3 Å². The molecule has 0 aliphatic carbocycles. The smallest absolute Gasteiger partial charge is 0.261 e. The van der Waals surface area contributed by atoms with E-state index >= 15 is 0 Å². The summed E-state index contributed by atoms with van der Waals surface area (Å²) in [6.45, 7) is 2.52. The molecule has 0 amide bonds. The summed E-state index contributed by atoms with van der Waals surface area (Å²) in [5.41, 5.74) is 1.05. The van der Waals surface area contributed by atoms with Crippen molar-refractivity contribution in [3.8, 4) is 0 Å². The molecule has 0 bridgehead atoms. The van der Waals surface area contributed by atoms with Crippen LogP contribution in [0.3, 0.4) is 0 Å². The average molecular weight is 303 g/mol. The highest BCUT2D eigenvalue weighted by Crippen LogP contribution is 2.15. The van der Waals surface area contributed by atoms with Gasteiger partial charge in [-0.2, -0.15) is 0 Å². The first-order valence-corrected chi connectivity index (χ1v) is 7.00. The molecule has 0 saturated heterocycles. The van der Waals surface area contributed by atoms with Crippen LogP contribution >= 0.6 is 0 Å². The standard InChI is InChI=1S/C15H23F2NO3/c1-12(13-5-3-2-4-6-13)21-10-14(19)9-18-7-8-20-11-15(16)17/h2-6,12,14-15,18-19H,7-11H2,1H3. The molecule has 1 aromatic carbocycles. The Morgan fingerprint density at radius 1 is 1.19 bits per heavy atom. The predicted molar refractivity (Wildman–Crippen MR) is 76.5 cm³/mol. The zero-order chi connectivity index (χ0) is 15.5. The Bertz CT molecular complexity index is 365. The van der Waals surface area contributed by atoms with Gasteiger partial charge in [0.05, 0.1) is 25.4 Å². The van der Waals surface area contributed by atoms with Crippen LogP contribution in [0, 0.1) is 0 Å². The number of benzene rings is 1. The first-order valence-electron chi connectivity index (χ1n) is 7.00. The summed E-state index contributed by atoms with van der Waals surface area (Å²) >= 11 is 0. The Balaban J connectivity index is 2.05. The molecule has 0 aliphatic rings. The number of aliphatic hydroxyl groups excluding tert-OH is 1. The van der Waals surface area contributed by atoms with E-state index in [0.29, 0.717) is 13.1 Å². The molecule has 1 rings (SSSR count). The lowest BCUT2D eigenvalue weighted by Gasteiger charge is -2.17. The topological polar surface area (TPSA) is 50.7 Å². The summed E-state index contributed by atoms with van der Waals surface area (Å²) in [4.78, 5) is 0. The molecule has 6 heteroatoms. The summed E-state index contributed by atoms with van der Waals surface area (Å²) < 4.78 is 33.9. The maximum atomic E-state index is 11.8. The minimum Gasteiger partial charge on any atom is -0.389 e. The van der Waals surface area contributed by atoms with E-state index in [0.717, 1.165) is 5.56 Å². The van der Waals surface area contributed by atoms with Crippen LogP contribution in [-0.4, -0.2) is 50.5 Å². The third kappa shape index (κ3) is 8.72. The SMILES string of the molecule is CC(OCC(O)CNCCOCC(F)F)c1ccccc1. The molecular formula is C15H23F2NO3. The Morgan fingerprint density at radius 2 is 1.90 bits per heavy atom. The van der Waals surface area contributed by atoms with E-state index in [2.05, 4.69) is 5.32 Å². The van der Waals surface area contributed by atoms with Crippen LogP contribution in [0.25, 0.3) is 0 Å². The van der Waals surface area contributed by atoms with Crippen molar-refractivity contribution < 1.29 is 23.4 Å². The minimum atomic E-state index is -2.44. The molecule has 0 saturated carbocycles. The second kappa shape index (κ2) is 10.6. The molecule has 0 aliphatic heterocycles. The third-order valence-electron chi connectivity index (χ3n) is 2.85. The molecule has 2 atom stereocenters. The number of hydrogen-bond acceptors (Lipinski definition) is 4. The summed E-state index contributed by atoms with van der Waals surface area (Å²) in [5, 5.41) is 12.7. The second-order valence-electron chi connectivity index (χ2n) is 4.71. The Kier molecular flexibility index (Phi) is 9.09. The van der Waals surface area contributed by atoms with Gasteiger partial charge in [0.2, 0.25) is 0 Å². The van der Waals surface area contributed by atoms with Gasteiger partial charge in [0, 0.05) is 13.1 Å². The van der Waals surface area contributed by atoms with Crippen molar-refractivity contribution in [3.63, 3.8) is 0 Å². The summed E-state index contributed by atoms with van der Waals surface area (Å²) in [6, 6.07) is 9.75. The highest BCUT2D eigenvalue weighted by atomic mass is 19.3. The van der Waals surface area contributed by atoms with Crippen molar-refractivity contribution in [2.75, 3.05) is 32.9 Å². The molecule has 0 spiro atoms. The fourth-order valence-corrected chi connectivity index (χ4v) is 1.72. The zero-order valence-electron chi connectivity index (χ0n) is 12.2. The summed E-state index contributed by atoms with van der Waals surface area (Å²) in [7, 11) is 0. The molecule has 0 aromatic heterocycles. The first-order chi connectivity index (χ1) is 10.1. The van der Waals surface area contributed by atoms with Crippen molar-refractivity contribution in [3.05, 3.63) is 35.9 Å². The zero-order valence-corrected chi connectivity index (χ0v) is 12.2. The minimum absolute atomic E-state index is 0.0878. The maximum Gasteiger partial charge on any atom is 0.261 e.